The molecule has 0 fully saturated rings. The van der Waals surface area contributed by atoms with E-state index in [1.165, 1.54) is 22.3 Å². The Morgan fingerprint density at radius 2 is 1.69 bits per heavy atom. The van der Waals surface area contributed by atoms with E-state index in [0.29, 0.717) is 0 Å². The summed E-state index contributed by atoms with van der Waals surface area (Å²) >= 11 is 0. The molecule has 16 heavy (non-hydrogen) atoms. The molecule has 0 heterocycles. The molecule has 2 N–H and O–H groups in total. The Balaban J connectivity index is 3.30. The molecule has 0 aromatic heterocycles. The fourth-order valence-corrected chi connectivity index (χ4v) is 2.75. The van der Waals surface area contributed by atoms with Crippen molar-refractivity contribution in [2.24, 2.45) is 0 Å². The number of rotatable bonds is 4. The van der Waals surface area contributed by atoms with Crippen LogP contribution in [0.5, 0.6) is 0 Å². The van der Waals surface area contributed by atoms with E-state index in [4.69, 9.17) is 0 Å². The minimum Gasteiger partial charge on any atom is -0.395 e. The van der Waals surface area contributed by atoms with Crippen molar-refractivity contribution < 1.29 is 5.11 Å². The third-order valence-corrected chi connectivity index (χ3v) is 3.20. The number of aliphatic hydroxyl groups is 1. The molecule has 0 amide bonds. The Kier molecular flexibility index (Phi) is 4.11. The predicted molar refractivity (Wildman–Crippen MR) is 69.0 cm³/mol. The molecule has 2 heteroatoms. The van der Waals surface area contributed by atoms with Crippen LogP contribution in [0.25, 0.3) is 0 Å². The van der Waals surface area contributed by atoms with Crippen LogP contribution in [0.4, 0.5) is 0 Å². The highest BCUT2D eigenvalue weighted by atomic mass is 16.3. The molecule has 0 aliphatic heterocycles. The van der Waals surface area contributed by atoms with Crippen LogP contribution in [-0.4, -0.2) is 25.3 Å². The second-order valence-corrected chi connectivity index (χ2v) is 5.02. The average molecular weight is 221 g/mol. The van der Waals surface area contributed by atoms with Crippen LogP contribution in [0.3, 0.4) is 0 Å². The zero-order valence-electron chi connectivity index (χ0n) is 11.0. The number of benzene rings is 1. The third-order valence-electron chi connectivity index (χ3n) is 3.20. The van der Waals surface area contributed by atoms with Crippen LogP contribution in [0.15, 0.2) is 12.1 Å². The van der Waals surface area contributed by atoms with Crippen molar-refractivity contribution in [3.05, 3.63) is 34.4 Å². The van der Waals surface area contributed by atoms with E-state index in [9.17, 15) is 5.11 Å². The molecule has 0 radical (unpaired) electrons. The maximum Gasteiger partial charge on any atom is 0.0537 e. The fourth-order valence-electron chi connectivity index (χ4n) is 2.75. The van der Waals surface area contributed by atoms with Crippen LogP contribution in [0, 0.1) is 20.8 Å². The molecule has 0 aliphatic carbocycles. The minimum atomic E-state index is -0.198. The van der Waals surface area contributed by atoms with Gasteiger partial charge in [0.25, 0.3) is 0 Å². The first kappa shape index (κ1) is 13.2. The van der Waals surface area contributed by atoms with Crippen molar-refractivity contribution >= 4 is 0 Å². The summed E-state index contributed by atoms with van der Waals surface area (Å²) in [7, 11) is 1.92. The second-order valence-electron chi connectivity index (χ2n) is 5.02. The van der Waals surface area contributed by atoms with Gasteiger partial charge in [-0.1, -0.05) is 24.6 Å². The molecule has 2 nitrogen and oxygen atoms in total. The highest BCUT2D eigenvalue weighted by Gasteiger charge is 2.28. The maximum absolute atomic E-state index is 9.65. The van der Waals surface area contributed by atoms with Gasteiger partial charge in [-0.3, -0.25) is 0 Å². The number of aryl methyl sites for hydroxylation is 3. The van der Waals surface area contributed by atoms with Gasteiger partial charge in [-0.15, -0.1) is 0 Å². The second kappa shape index (κ2) is 4.98. The summed E-state index contributed by atoms with van der Waals surface area (Å²) in [5, 5.41) is 12.8. The summed E-state index contributed by atoms with van der Waals surface area (Å²) in [4.78, 5) is 0. The van der Waals surface area contributed by atoms with Gasteiger partial charge in [0, 0.05) is 12.0 Å². The van der Waals surface area contributed by atoms with E-state index < -0.39 is 0 Å². The number of aliphatic hydroxyl groups excluding tert-OH is 1. The van der Waals surface area contributed by atoms with Gasteiger partial charge < -0.3 is 10.4 Å². The average Bonchev–Trinajstić information content (AvgIpc) is 2.16. The van der Waals surface area contributed by atoms with Gasteiger partial charge in [0.2, 0.25) is 0 Å². The lowest BCUT2D eigenvalue weighted by Crippen LogP contribution is -2.38. The van der Waals surface area contributed by atoms with Crippen LogP contribution in [-0.2, 0) is 5.41 Å². The summed E-state index contributed by atoms with van der Waals surface area (Å²) in [6, 6.07) is 4.37. The monoisotopic (exact) mass is 221 g/mol. The number of hydrogen-bond donors (Lipinski definition) is 2. The molecule has 1 rings (SSSR count). The summed E-state index contributed by atoms with van der Waals surface area (Å²) in [5.74, 6) is 0. The van der Waals surface area contributed by atoms with Gasteiger partial charge in [-0.25, -0.2) is 0 Å². The summed E-state index contributed by atoms with van der Waals surface area (Å²) in [6.45, 7) is 9.41. The SMILES string of the molecule is CNCC(C)(CO)c1c(C)cc(C)cc1C. The summed E-state index contributed by atoms with van der Waals surface area (Å²) in [5.41, 5.74) is 4.89. The number of hydrogen-bond acceptors (Lipinski definition) is 2. The van der Waals surface area contributed by atoms with Crippen molar-refractivity contribution in [1.29, 1.82) is 0 Å². The van der Waals surface area contributed by atoms with Gasteiger partial charge in [0.1, 0.15) is 0 Å². The van der Waals surface area contributed by atoms with Crippen molar-refractivity contribution in [3.8, 4) is 0 Å². The van der Waals surface area contributed by atoms with E-state index in [2.05, 4.69) is 45.1 Å². The molecule has 0 saturated carbocycles. The first-order chi connectivity index (χ1) is 7.44. The normalized spacial score (nSPS) is 14.9. The molecule has 90 valence electrons. The molecule has 1 unspecified atom stereocenters. The first-order valence-corrected chi connectivity index (χ1v) is 5.78. The van der Waals surface area contributed by atoms with E-state index in [1.807, 2.05) is 7.05 Å². The fraction of sp³-hybridized carbons (Fsp3) is 0.571. The highest BCUT2D eigenvalue weighted by molar-refractivity contribution is 5.42. The largest absolute Gasteiger partial charge is 0.395 e. The van der Waals surface area contributed by atoms with Gasteiger partial charge in [0.05, 0.1) is 6.61 Å². The van der Waals surface area contributed by atoms with Crippen molar-refractivity contribution in [2.75, 3.05) is 20.2 Å². The molecule has 0 aliphatic rings. The zero-order valence-corrected chi connectivity index (χ0v) is 11.0. The Morgan fingerprint density at radius 3 is 2.06 bits per heavy atom. The lowest BCUT2D eigenvalue weighted by molar-refractivity contribution is 0.203. The molecule has 0 spiro atoms. The zero-order chi connectivity index (χ0) is 12.3. The summed E-state index contributed by atoms with van der Waals surface area (Å²) < 4.78 is 0. The molecule has 0 saturated heterocycles. The van der Waals surface area contributed by atoms with Crippen LogP contribution < -0.4 is 5.32 Å². The van der Waals surface area contributed by atoms with E-state index in [1.54, 1.807) is 0 Å². The standard InChI is InChI=1S/C14H23NO/c1-10-6-11(2)13(12(3)7-10)14(4,9-16)8-15-5/h6-7,15-16H,8-9H2,1-5H3. The van der Waals surface area contributed by atoms with Crippen molar-refractivity contribution in [1.82, 2.24) is 5.32 Å². The van der Waals surface area contributed by atoms with Gasteiger partial charge in [-0.05, 0) is 44.5 Å². The summed E-state index contributed by atoms with van der Waals surface area (Å²) in [6.07, 6.45) is 0. The van der Waals surface area contributed by atoms with E-state index in [0.717, 1.165) is 6.54 Å². The quantitative estimate of drug-likeness (QED) is 0.816. The molecule has 0 bridgehead atoms. The predicted octanol–water partition coefficient (Wildman–Crippen LogP) is 2.08. The number of likely N-dealkylation sites (N-methyl/N-ethyl adjacent to an activating group) is 1. The van der Waals surface area contributed by atoms with Crippen LogP contribution in [0.2, 0.25) is 0 Å². The maximum atomic E-state index is 9.65. The molecule has 1 aromatic carbocycles. The first-order valence-electron chi connectivity index (χ1n) is 5.78. The highest BCUT2D eigenvalue weighted by Crippen LogP contribution is 2.29. The van der Waals surface area contributed by atoms with Crippen molar-refractivity contribution in [3.63, 3.8) is 0 Å². The Bertz CT molecular complexity index is 350. The number of nitrogens with one attached hydrogen (secondary N) is 1. The van der Waals surface area contributed by atoms with Crippen LogP contribution >= 0.6 is 0 Å². The van der Waals surface area contributed by atoms with Gasteiger partial charge >= 0.3 is 0 Å². The Morgan fingerprint density at radius 1 is 1.19 bits per heavy atom. The van der Waals surface area contributed by atoms with Crippen molar-refractivity contribution in [2.45, 2.75) is 33.1 Å². The Hall–Kier alpha value is -0.860. The molecule has 1 atom stereocenters. The minimum absolute atomic E-state index is 0.165. The molecular weight excluding hydrogens is 198 g/mol. The lowest BCUT2D eigenvalue weighted by Gasteiger charge is -2.31. The van der Waals surface area contributed by atoms with E-state index >= 15 is 0 Å². The molecular formula is C14H23NO. The van der Waals surface area contributed by atoms with Gasteiger partial charge in [-0.2, -0.15) is 0 Å². The van der Waals surface area contributed by atoms with E-state index in [-0.39, 0.29) is 12.0 Å². The molecule has 1 aromatic rings. The van der Waals surface area contributed by atoms with Gasteiger partial charge in [0.15, 0.2) is 0 Å². The topological polar surface area (TPSA) is 32.3 Å². The lowest BCUT2D eigenvalue weighted by atomic mass is 9.77. The smallest absolute Gasteiger partial charge is 0.0537 e. The Labute approximate surface area is 98.7 Å². The third kappa shape index (κ3) is 2.45. The van der Waals surface area contributed by atoms with Crippen LogP contribution in [0.1, 0.15) is 29.2 Å².